The summed E-state index contributed by atoms with van der Waals surface area (Å²) in [6.07, 6.45) is 9.92. The van der Waals surface area contributed by atoms with Crippen molar-refractivity contribution in [1.82, 2.24) is 15.1 Å². The predicted octanol–water partition coefficient (Wildman–Crippen LogP) is 2.70. The number of hydrogen-bond acceptors (Lipinski definition) is 2. The van der Waals surface area contributed by atoms with Crippen LogP contribution in [0.25, 0.3) is 0 Å². The average molecular weight is 306 g/mol. The van der Waals surface area contributed by atoms with Crippen LogP contribution >= 0.6 is 0 Å². The van der Waals surface area contributed by atoms with Gasteiger partial charge in [-0.05, 0) is 51.0 Å². The molecule has 0 unspecified atom stereocenters. The lowest BCUT2D eigenvalue weighted by molar-refractivity contribution is 0.285. The van der Waals surface area contributed by atoms with E-state index in [2.05, 4.69) is 29.0 Å². The first-order valence-electron chi connectivity index (χ1n) is 9.54. The lowest BCUT2D eigenvalue weighted by Crippen LogP contribution is -2.41. The fourth-order valence-electron chi connectivity index (χ4n) is 4.40. The molecule has 4 nitrogen and oxygen atoms in total. The Hall–Kier alpha value is -0.770. The van der Waals surface area contributed by atoms with Crippen LogP contribution in [0.15, 0.2) is 4.99 Å². The molecule has 4 heteroatoms. The van der Waals surface area contributed by atoms with Gasteiger partial charge in [0.05, 0.1) is 6.54 Å². The third kappa shape index (κ3) is 3.76. The van der Waals surface area contributed by atoms with Crippen LogP contribution in [0.4, 0.5) is 0 Å². The van der Waals surface area contributed by atoms with Gasteiger partial charge in [-0.1, -0.05) is 19.8 Å². The van der Waals surface area contributed by atoms with Gasteiger partial charge in [-0.15, -0.1) is 0 Å². The highest BCUT2D eigenvalue weighted by Crippen LogP contribution is 2.45. The van der Waals surface area contributed by atoms with Crippen molar-refractivity contribution >= 4 is 5.96 Å². The molecule has 1 N–H and O–H groups in total. The van der Waals surface area contributed by atoms with E-state index >= 15 is 0 Å². The molecule has 1 saturated heterocycles. The van der Waals surface area contributed by atoms with Gasteiger partial charge in [0.1, 0.15) is 0 Å². The van der Waals surface area contributed by atoms with Crippen LogP contribution in [0, 0.1) is 5.41 Å². The first-order chi connectivity index (χ1) is 10.8. The molecular weight excluding hydrogens is 272 g/mol. The van der Waals surface area contributed by atoms with E-state index in [9.17, 15) is 0 Å². The number of rotatable bonds is 6. The highest BCUT2D eigenvalue weighted by molar-refractivity contribution is 5.80. The number of guanidine groups is 1. The van der Waals surface area contributed by atoms with E-state index in [0.717, 1.165) is 31.6 Å². The monoisotopic (exact) mass is 306 g/mol. The van der Waals surface area contributed by atoms with E-state index in [0.29, 0.717) is 5.41 Å². The molecule has 1 spiro atoms. The number of likely N-dealkylation sites (tertiary alicyclic amines) is 1. The maximum absolute atomic E-state index is 4.94. The molecular formula is C18H34N4. The van der Waals surface area contributed by atoms with Gasteiger partial charge < -0.3 is 10.2 Å². The Morgan fingerprint density at radius 3 is 2.64 bits per heavy atom. The van der Waals surface area contributed by atoms with E-state index in [1.165, 1.54) is 64.6 Å². The number of nitrogens with zero attached hydrogens (tertiary/aromatic N) is 3. The van der Waals surface area contributed by atoms with Gasteiger partial charge in [-0.25, -0.2) is 0 Å². The van der Waals surface area contributed by atoms with Crippen molar-refractivity contribution in [1.29, 1.82) is 0 Å². The smallest absolute Gasteiger partial charge is 0.193 e. The van der Waals surface area contributed by atoms with Crippen LogP contribution in [0.2, 0.25) is 0 Å². The first kappa shape index (κ1) is 16.1. The molecule has 2 aliphatic carbocycles. The maximum atomic E-state index is 4.94. The lowest BCUT2D eigenvalue weighted by atomic mass is 9.86. The number of nitrogens with one attached hydrogen (secondary N) is 1. The van der Waals surface area contributed by atoms with Crippen molar-refractivity contribution < 1.29 is 0 Å². The molecule has 0 bridgehead atoms. The van der Waals surface area contributed by atoms with Crippen molar-refractivity contribution in [2.45, 2.75) is 64.8 Å². The SMILES string of the molecule is CCNC(=NCCN(CC)C1CC1)N1CCC2(CCCC2)C1. The third-order valence-electron chi connectivity index (χ3n) is 5.86. The summed E-state index contributed by atoms with van der Waals surface area (Å²) >= 11 is 0. The van der Waals surface area contributed by atoms with Crippen molar-refractivity contribution in [3.05, 3.63) is 0 Å². The third-order valence-corrected chi connectivity index (χ3v) is 5.86. The van der Waals surface area contributed by atoms with Gasteiger partial charge in [0.25, 0.3) is 0 Å². The number of likely N-dealkylation sites (N-methyl/N-ethyl adjacent to an activating group) is 1. The fraction of sp³-hybridized carbons (Fsp3) is 0.944. The molecule has 0 aromatic heterocycles. The minimum absolute atomic E-state index is 0.625. The highest BCUT2D eigenvalue weighted by Gasteiger charge is 2.41. The number of hydrogen-bond donors (Lipinski definition) is 1. The lowest BCUT2D eigenvalue weighted by Gasteiger charge is -2.26. The van der Waals surface area contributed by atoms with Crippen LogP contribution in [-0.4, -0.2) is 61.1 Å². The average Bonchev–Trinajstić information content (AvgIpc) is 3.13. The molecule has 0 radical (unpaired) electrons. The molecule has 126 valence electrons. The van der Waals surface area contributed by atoms with E-state index in [-0.39, 0.29) is 0 Å². The Labute approximate surface area is 136 Å². The highest BCUT2D eigenvalue weighted by atomic mass is 15.3. The molecule has 0 atom stereocenters. The second-order valence-corrected chi connectivity index (χ2v) is 7.47. The van der Waals surface area contributed by atoms with Gasteiger partial charge >= 0.3 is 0 Å². The fourth-order valence-corrected chi connectivity index (χ4v) is 4.40. The van der Waals surface area contributed by atoms with Gasteiger partial charge in [0, 0.05) is 32.2 Å². The predicted molar refractivity (Wildman–Crippen MR) is 93.3 cm³/mol. The largest absolute Gasteiger partial charge is 0.357 e. The molecule has 1 aliphatic heterocycles. The summed E-state index contributed by atoms with van der Waals surface area (Å²) in [4.78, 5) is 10.1. The summed E-state index contributed by atoms with van der Waals surface area (Å²) in [5.74, 6) is 1.16. The van der Waals surface area contributed by atoms with E-state index in [1.54, 1.807) is 0 Å². The maximum Gasteiger partial charge on any atom is 0.193 e. The zero-order valence-electron chi connectivity index (χ0n) is 14.6. The van der Waals surface area contributed by atoms with Crippen LogP contribution < -0.4 is 5.32 Å². The van der Waals surface area contributed by atoms with Gasteiger partial charge in [0.15, 0.2) is 5.96 Å². The Kier molecular flexibility index (Phi) is 5.27. The standard InChI is InChI=1S/C18H34N4/c1-3-19-17(20-12-14-21(4-2)16-7-8-16)22-13-11-18(15-22)9-5-6-10-18/h16H,3-15H2,1-2H3,(H,19,20). The summed E-state index contributed by atoms with van der Waals surface area (Å²) in [6.45, 7) is 11.1. The molecule has 3 rings (SSSR count). The number of aliphatic imine (C=N–C) groups is 1. The summed E-state index contributed by atoms with van der Waals surface area (Å²) in [7, 11) is 0. The van der Waals surface area contributed by atoms with Crippen LogP contribution in [-0.2, 0) is 0 Å². The van der Waals surface area contributed by atoms with Gasteiger partial charge in [-0.2, -0.15) is 0 Å². The Morgan fingerprint density at radius 2 is 2.00 bits per heavy atom. The minimum Gasteiger partial charge on any atom is -0.357 e. The Bertz CT molecular complexity index is 383. The van der Waals surface area contributed by atoms with Crippen LogP contribution in [0.3, 0.4) is 0 Å². The second-order valence-electron chi connectivity index (χ2n) is 7.47. The van der Waals surface area contributed by atoms with Crippen molar-refractivity contribution in [2.24, 2.45) is 10.4 Å². The van der Waals surface area contributed by atoms with Crippen molar-refractivity contribution in [2.75, 3.05) is 39.3 Å². The topological polar surface area (TPSA) is 30.9 Å². The Balaban J connectivity index is 1.53. The molecule has 0 aromatic carbocycles. The molecule has 0 aromatic rings. The molecule has 1 heterocycles. The summed E-state index contributed by atoms with van der Waals surface area (Å²) in [5.41, 5.74) is 0.625. The zero-order chi connectivity index (χ0) is 15.4. The van der Waals surface area contributed by atoms with Gasteiger partial charge in [-0.3, -0.25) is 9.89 Å². The second kappa shape index (κ2) is 7.20. The van der Waals surface area contributed by atoms with Crippen LogP contribution in [0.5, 0.6) is 0 Å². The van der Waals surface area contributed by atoms with Crippen LogP contribution in [0.1, 0.15) is 58.8 Å². The summed E-state index contributed by atoms with van der Waals surface area (Å²) < 4.78 is 0. The van der Waals surface area contributed by atoms with E-state index in [1.807, 2.05) is 0 Å². The quantitative estimate of drug-likeness (QED) is 0.605. The molecule has 3 aliphatic rings. The molecule has 22 heavy (non-hydrogen) atoms. The summed E-state index contributed by atoms with van der Waals surface area (Å²) in [5, 5.41) is 3.52. The molecule has 3 fully saturated rings. The van der Waals surface area contributed by atoms with Gasteiger partial charge in [0.2, 0.25) is 0 Å². The first-order valence-corrected chi connectivity index (χ1v) is 9.54. The van der Waals surface area contributed by atoms with E-state index in [4.69, 9.17) is 4.99 Å². The normalized spacial score (nSPS) is 24.7. The summed E-state index contributed by atoms with van der Waals surface area (Å²) in [6, 6.07) is 0.858. The van der Waals surface area contributed by atoms with E-state index < -0.39 is 0 Å². The van der Waals surface area contributed by atoms with Crippen molar-refractivity contribution in [3.63, 3.8) is 0 Å². The van der Waals surface area contributed by atoms with Crippen molar-refractivity contribution in [3.8, 4) is 0 Å². The minimum atomic E-state index is 0.625. The zero-order valence-corrected chi connectivity index (χ0v) is 14.6. The molecule has 2 saturated carbocycles. The Morgan fingerprint density at radius 1 is 1.23 bits per heavy atom. The molecule has 0 amide bonds.